The van der Waals surface area contributed by atoms with E-state index in [1.807, 2.05) is 6.92 Å². The van der Waals surface area contributed by atoms with Crippen LogP contribution in [0.4, 0.5) is 5.69 Å². The molecule has 1 atom stereocenters. The fourth-order valence-electron chi connectivity index (χ4n) is 2.42. The van der Waals surface area contributed by atoms with Gasteiger partial charge in [0, 0.05) is 24.1 Å². The minimum Gasteiger partial charge on any atom is -0.373 e. The van der Waals surface area contributed by atoms with E-state index in [0.717, 1.165) is 23.9 Å². The SMILES string of the molecule is CC(N)Cc1ccc(N(C)CCc2ccccc2)c(Br)c1. The topological polar surface area (TPSA) is 29.3 Å². The second kappa shape index (κ2) is 7.62. The summed E-state index contributed by atoms with van der Waals surface area (Å²) in [6.07, 6.45) is 1.96. The highest BCUT2D eigenvalue weighted by molar-refractivity contribution is 9.10. The summed E-state index contributed by atoms with van der Waals surface area (Å²) < 4.78 is 1.14. The molecule has 0 spiro atoms. The molecule has 0 aliphatic carbocycles. The number of hydrogen-bond acceptors (Lipinski definition) is 2. The number of anilines is 1. The second-order valence-corrected chi connectivity index (χ2v) is 6.48. The third kappa shape index (κ3) is 4.87. The molecule has 0 bridgehead atoms. The molecule has 112 valence electrons. The Labute approximate surface area is 136 Å². The van der Waals surface area contributed by atoms with E-state index in [9.17, 15) is 0 Å². The van der Waals surface area contributed by atoms with E-state index < -0.39 is 0 Å². The molecule has 0 amide bonds. The summed E-state index contributed by atoms with van der Waals surface area (Å²) in [5, 5.41) is 0. The molecule has 0 aliphatic heterocycles. The van der Waals surface area contributed by atoms with E-state index in [1.165, 1.54) is 16.8 Å². The fraction of sp³-hybridized carbons (Fsp3) is 0.333. The number of hydrogen-bond donors (Lipinski definition) is 1. The Morgan fingerprint density at radius 2 is 1.81 bits per heavy atom. The van der Waals surface area contributed by atoms with Gasteiger partial charge < -0.3 is 10.6 Å². The van der Waals surface area contributed by atoms with Gasteiger partial charge in [0.25, 0.3) is 0 Å². The van der Waals surface area contributed by atoms with Crippen molar-refractivity contribution in [1.29, 1.82) is 0 Å². The van der Waals surface area contributed by atoms with Gasteiger partial charge in [-0.2, -0.15) is 0 Å². The van der Waals surface area contributed by atoms with Crippen molar-refractivity contribution < 1.29 is 0 Å². The molecule has 21 heavy (non-hydrogen) atoms. The third-order valence-electron chi connectivity index (χ3n) is 3.56. The zero-order valence-electron chi connectivity index (χ0n) is 12.7. The molecule has 2 aromatic carbocycles. The fourth-order valence-corrected chi connectivity index (χ4v) is 3.15. The van der Waals surface area contributed by atoms with Crippen molar-refractivity contribution in [3.8, 4) is 0 Å². The zero-order chi connectivity index (χ0) is 15.2. The summed E-state index contributed by atoms with van der Waals surface area (Å²) in [4.78, 5) is 2.28. The molecule has 2 N–H and O–H groups in total. The van der Waals surface area contributed by atoms with Gasteiger partial charge in [0.15, 0.2) is 0 Å². The van der Waals surface area contributed by atoms with Crippen LogP contribution >= 0.6 is 15.9 Å². The van der Waals surface area contributed by atoms with Crippen molar-refractivity contribution >= 4 is 21.6 Å². The van der Waals surface area contributed by atoms with Crippen LogP contribution in [0, 0.1) is 0 Å². The van der Waals surface area contributed by atoms with Crippen LogP contribution in [-0.2, 0) is 12.8 Å². The molecule has 0 saturated carbocycles. The lowest BCUT2D eigenvalue weighted by atomic mass is 10.1. The lowest BCUT2D eigenvalue weighted by Gasteiger charge is -2.21. The maximum Gasteiger partial charge on any atom is 0.0508 e. The van der Waals surface area contributed by atoms with Crippen LogP contribution < -0.4 is 10.6 Å². The standard InChI is InChI=1S/C18H23BrN2/c1-14(20)12-16-8-9-18(17(19)13-16)21(2)11-10-15-6-4-3-5-7-15/h3-9,13-14H,10-12,20H2,1-2H3. The Balaban J connectivity index is 2.00. The number of rotatable bonds is 6. The normalized spacial score (nSPS) is 12.2. The van der Waals surface area contributed by atoms with E-state index in [-0.39, 0.29) is 6.04 Å². The predicted octanol–water partition coefficient (Wildman–Crippen LogP) is 4.02. The van der Waals surface area contributed by atoms with E-state index in [4.69, 9.17) is 5.73 Å². The zero-order valence-corrected chi connectivity index (χ0v) is 14.3. The smallest absolute Gasteiger partial charge is 0.0508 e. The summed E-state index contributed by atoms with van der Waals surface area (Å²) in [5.41, 5.74) is 9.72. The molecule has 2 rings (SSSR count). The number of nitrogens with two attached hydrogens (primary N) is 1. The lowest BCUT2D eigenvalue weighted by Crippen LogP contribution is -2.21. The number of likely N-dealkylation sites (N-methyl/N-ethyl adjacent to an activating group) is 1. The predicted molar refractivity (Wildman–Crippen MR) is 94.9 cm³/mol. The highest BCUT2D eigenvalue weighted by Gasteiger charge is 2.08. The Kier molecular flexibility index (Phi) is 5.83. The number of benzene rings is 2. The first-order chi connectivity index (χ1) is 10.1. The molecule has 0 saturated heterocycles. The molecule has 3 heteroatoms. The molecule has 1 unspecified atom stereocenters. The summed E-state index contributed by atoms with van der Waals surface area (Å²) >= 11 is 3.68. The summed E-state index contributed by atoms with van der Waals surface area (Å²) in [6.45, 7) is 3.03. The van der Waals surface area contributed by atoms with E-state index in [2.05, 4.69) is 76.4 Å². The van der Waals surface area contributed by atoms with Crippen LogP contribution in [0.1, 0.15) is 18.1 Å². The van der Waals surface area contributed by atoms with Crippen LogP contribution in [0.25, 0.3) is 0 Å². The second-order valence-electron chi connectivity index (χ2n) is 5.62. The van der Waals surface area contributed by atoms with Crippen molar-refractivity contribution in [2.45, 2.75) is 25.8 Å². The quantitative estimate of drug-likeness (QED) is 0.855. The van der Waals surface area contributed by atoms with Crippen LogP contribution in [-0.4, -0.2) is 19.6 Å². The summed E-state index contributed by atoms with van der Waals surface area (Å²) in [5.74, 6) is 0. The first-order valence-corrected chi connectivity index (χ1v) is 8.14. The van der Waals surface area contributed by atoms with E-state index in [1.54, 1.807) is 0 Å². The van der Waals surface area contributed by atoms with Crippen LogP contribution in [0.3, 0.4) is 0 Å². The van der Waals surface area contributed by atoms with Crippen LogP contribution in [0.15, 0.2) is 53.0 Å². The van der Waals surface area contributed by atoms with Crippen molar-refractivity contribution in [3.63, 3.8) is 0 Å². The van der Waals surface area contributed by atoms with Crippen LogP contribution in [0.5, 0.6) is 0 Å². The average Bonchev–Trinajstić information content (AvgIpc) is 2.45. The van der Waals surface area contributed by atoms with Gasteiger partial charge in [-0.3, -0.25) is 0 Å². The van der Waals surface area contributed by atoms with Crippen molar-refractivity contribution in [3.05, 3.63) is 64.1 Å². The molecular weight excluding hydrogens is 324 g/mol. The van der Waals surface area contributed by atoms with Gasteiger partial charge in [-0.25, -0.2) is 0 Å². The van der Waals surface area contributed by atoms with E-state index in [0.29, 0.717) is 0 Å². The molecule has 0 aliphatic rings. The largest absolute Gasteiger partial charge is 0.373 e. The van der Waals surface area contributed by atoms with Gasteiger partial charge in [-0.05, 0) is 59.0 Å². The minimum atomic E-state index is 0.193. The van der Waals surface area contributed by atoms with Gasteiger partial charge >= 0.3 is 0 Å². The van der Waals surface area contributed by atoms with E-state index >= 15 is 0 Å². The maximum atomic E-state index is 5.86. The Morgan fingerprint density at radius 1 is 1.10 bits per heavy atom. The molecule has 0 fully saturated rings. The Hall–Kier alpha value is -1.32. The first kappa shape index (κ1) is 16.1. The van der Waals surface area contributed by atoms with Crippen LogP contribution in [0.2, 0.25) is 0 Å². The highest BCUT2D eigenvalue weighted by Crippen LogP contribution is 2.27. The van der Waals surface area contributed by atoms with Gasteiger partial charge in [-0.15, -0.1) is 0 Å². The minimum absolute atomic E-state index is 0.193. The molecular formula is C18H23BrN2. The Bertz CT molecular complexity index is 567. The van der Waals surface area contributed by atoms with Crippen molar-refractivity contribution in [2.24, 2.45) is 5.73 Å². The summed E-state index contributed by atoms with van der Waals surface area (Å²) in [7, 11) is 2.13. The van der Waals surface area contributed by atoms with Gasteiger partial charge in [0.1, 0.15) is 0 Å². The molecule has 2 nitrogen and oxygen atoms in total. The average molecular weight is 347 g/mol. The monoisotopic (exact) mass is 346 g/mol. The first-order valence-electron chi connectivity index (χ1n) is 7.35. The molecule has 0 radical (unpaired) electrons. The van der Waals surface area contributed by atoms with Crippen molar-refractivity contribution in [2.75, 3.05) is 18.5 Å². The Morgan fingerprint density at radius 3 is 2.43 bits per heavy atom. The van der Waals surface area contributed by atoms with Gasteiger partial charge in [-0.1, -0.05) is 36.4 Å². The van der Waals surface area contributed by atoms with Gasteiger partial charge in [0.05, 0.1) is 5.69 Å². The molecule has 0 heterocycles. The summed E-state index contributed by atoms with van der Waals surface area (Å²) in [6, 6.07) is 17.3. The van der Waals surface area contributed by atoms with Gasteiger partial charge in [0.2, 0.25) is 0 Å². The highest BCUT2D eigenvalue weighted by atomic mass is 79.9. The maximum absolute atomic E-state index is 5.86. The number of nitrogens with zero attached hydrogens (tertiary/aromatic N) is 1. The molecule has 2 aromatic rings. The number of halogens is 1. The third-order valence-corrected chi connectivity index (χ3v) is 4.19. The lowest BCUT2D eigenvalue weighted by molar-refractivity contribution is 0.737. The molecule has 0 aromatic heterocycles. The van der Waals surface area contributed by atoms with Crippen molar-refractivity contribution in [1.82, 2.24) is 0 Å².